The topological polar surface area (TPSA) is 79.7 Å². The summed E-state index contributed by atoms with van der Waals surface area (Å²) >= 11 is 0. The minimum Gasteiger partial charge on any atom is -0.507 e. The SMILES string of the molecule is CC1=C2[C@@H](CC/C(=C/c3ccc(O)c4ccccc34)c3ccccn3)OC[C@@H]2[C@@H]2C(=O)N(c3ccccc3)C(=O)[C@@H]2C1. The van der Waals surface area contributed by atoms with Crippen LogP contribution in [0.1, 0.15) is 37.4 Å². The van der Waals surface area contributed by atoms with Crippen LogP contribution in [0.4, 0.5) is 5.69 Å². The maximum Gasteiger partial charge on any atom is 0.238 e. The molecule has 1 aromatic heterocycles. The van der Waals surface area contributed by atoms with Gasteiger partial charge in [0.25, 0.3) is 0 Å². The Morgan fingerprint density at radius 1 is 0.929 bits per heavy atom. The molecule has 0 unspecified atom stereocenters. The van der Waals surface area contributed by atoms with E-state index in [0.717, 1.165) is 40.4 Å². The summed E-state index contributed by atoms with van der Waals surface area (Å²) in [4.78, 5) is 33.2. The van der Waals surface area contributed by atoms with E-state index in [9.17, 15) is 14.7 Å². The largest absolute Gasteiger partial charge is 0.507 e. The molecule has 42 heavy (non-hydrogen) atoms. The molecule has 3 aliphatic rings. The molecule has 210 valence electrons. The predicted octanol–water partition coefficient (Wildman–Crippen LogP) is 6.80. The Hall–Kier alpha value is -4.55. The van der Waals surface area contributed by atoms with Gasteiger partial charge in [-0.1, -0.05) is 60.2 Å². The number of rotatable bonds is 6. The number of carbonyl (C=O) groups is 2. The number of para-hydroxylation sites is 1. The number of amides is 2. The first-order chi connectivity index (χ1) is 20.5. The number of nitrogens with zero attached hydrogens (tertiary/aromatic N) is 2. The lowest BCUT2D eigenvalue weighted by Gasteiger charge is -2.30. The van der Waals surface area contributed by atoms with E-state index in [1.807, 2.05) is 78.9 Å². The highest BCUT2D eigenvalue weighted by molar-refractivity contribution is 6.22. The molecule has 6 heteroatoms. The van der Waals surface area contributed by atoms with Crippen LogP contribution in [0.5, 0.6) is 5.75 Å². The van der Waals surface area contributed by atoms with E-state index in [1.165, 1.54) is 16.0 Å². The Morgan fingerprint density at radius 2 is 1.69 bits per heavy atom. The third kappa shape index (κ3) is 4.43. The lowest BCUT2D eigenvalue weighted by molar-refractivity contribution is -0.122. The molecule has 1 aliphatic carbocycles. The van der Waals surface area contributed by atoms with Gasteiger partial charge in [0.15, 0.2) is 0 Å². The van der Waals surface area contributed by atoms with E-state index >= 15 is 0 Å². The zero-order valence-corrected chi connectivity index (χ0v) is 23.4. The summed E-state index contributed by atoms with van der Waals surface area (Å²) in [6.45, 7) is 2.55. The van der Waals surface area contributed by atoms with E-state index in [0.29, 0.717) is 18.7 Å². The van der Waals surface area contributed by atoms with Gasteiger partial charge in [-0.15, -0.1) is 0 Å². The van der Waals surface area contributed by atoms with E-state index in [1.54, 1.807) is 12.3 Å². The zero-order valence-electron chi connectivity index (χ0n) is 23.4. The second-order valence-corrected chi connectivity index (χ2v) is 11.5. The van der Waals surface area contributed by atoms with Crippen molar-refractivity contribution in [3.8, 4) is 5.75 Å². The fraction of sp³-hybridized carbons (Fsp3) is 0.250. The van der Waals surface area contributed by atoms with Crippen LogP contribution in [0, 0.1) is 17.8 Å². The Labute approximate surface area is 245 Å². The molecule has 3 heterocycles. The van der Waals surface area contributed by atoms with E-state index in [4.69, 9.17) is 4.74 Å². The van der Waals surface area contributed by atoms with E-state index < -0.39 is 0 Å². The molecule has 6 nitrogen and oxygen atoms in total. The molecule has 3 aromatic carbocycles. The highest BCUT2D eigenvalue weighted by Crippen LogP contribution is 2.50. The van der Waals surface area contributed by atoms with Crippen molar-refractivity contribution in [3.63, 3.8) is 0 Å². The quantitative estimate of drug-likeness (QED) is 0.209. The Morgan fingerprint density at radius 3 is 2.48 bits per heavy atom. The van der Waals surface area contributed by atoms with Crippen molar-refractivity contribution in [2.24, 2.45) is 17.8 Å². The zero-order chi connectivity index (χ0) is 28.8. The van der Waals surface area contributed by atoms with Crippen molar-refractivity contribution in [2.75, 3.05) is 11.5 Å². The maximum absolute atomic E-state index is 13.7. The van der Waals surface area contributed by atoms with Crippen LogP contribution < -0.4 is 4.90 Å². The number of phenols is 1. The van der Waals surface area contributed by atoms with Gasteiger partial charge in [-0.05, 0) is 84.7 Å². The molecule has 2 saturated heterocycles. The van der Waals surface area contributed by atoms with Crippen LogP contribution in [-0.2, 0) is 14.3 Å². The number of ether oxygens (including phenoxy) is 1. The highest BCUT2D eigenvalue weighted by atomic mass is 16.5. The number of pyridine rings is 1. The van der Waals surface area contributed by atoms with Crippen LogP contribution in [0.15, 0.2) is 102 Å². The molecular formula is C36H32N2O4. The molecule has 2 amide bonds. The molecule has 0 spiro atoms. The van der Waals surface area contributed by atoms with Gasteiger partial charge in [0.05, 0.1) is 35.9 Å². The number of aromatic nitrogens is 1. The molecule has 4 aromatic rings. The predicted molar refractivity (Wildman–Crippen MR) is 163 cm³/mol. The second kappa shape index (κ2) is 10.7. The van der Waals surface area contributed by atoms with Gasteiger partial charge in [0.1, 0.15) is 5.75 Å². The minimum absolute atomic E-state index is 0.0813. The number of benzene rings is 3. The van der Waals surface area contributed by atoms with Gasteiger partial charge in [-0.2, -0.15) is 0 Å². The van der Waals surface area contributed by atoms with Crippen molar-refractivity contribution in [2.45, 2.75) is 32.3 Å². The smallest absolute Gasteiger partial charge is 0.238 e. The summed E-state index contributed by atoms with van der Waals surface area (Å²) in [6.07, 6.45) is 5.89. The van der Waals surface area contributed by atoms with Crippen molar-refractivity contribution in [1.82, 2.24) is 4.98 Å². The molecular weight excluding hydrogens is 524 g/mol. The average molecular weight is 557 g/mol. The number of hydrogen-bond donors (Lipinski definition) is 1. The van der Waals surface area contributed by atoms with Crippen LogP contribution in [0.3, 0.4) is 0 Å². The van der Waals surface area contributed by atoms with Crippen molar-refractivity contribution in [1.29, 1.82) is 0 Å². The number of fused-ring (bicyclic) bond motifs is 4. The van der Waals surface area contributed by atoms with Gasteiger partial charge in [0, 0.05) is 17.5 Å². The normalized spacial score (nSPS) is 23.9. The first kappa shape index (κ1) is 26.4. The summed E-state index contributed by atoms with van der Waals surface area (Å²) in [5.41, 5.74) is 6.00. The van der Waals surface area contributed by atoms with Crippen molar-refractivity contribution in [3.05, 3.63) is 114 Å². The minimum atomic E-state index is -0.379. The summed E-state index contributed by atoms with van der Waals surface area (Å²) in [5, 5.41) is 12.2. The molecule has 0 bridgehead atoms. The number of carbonyl (C=O) groups excluding carboxylic acids is 2. The second-order valence-electron chi connectivity index (χ2n) is 11.5. The Bertz CT molecular complexity index is 1740. The van der Waals surface area contributed by atoms with Gasteiger partial charge < -0.3 is 9.84 Å². The molecule has 0 saturated carbocycles. The number of hydrogen-bond acceptors (Lipinski definition) is 5. The molecule has 2 aliphatic heterocycles. The van der Waals surface area contributed by atoms with Crippen molar-refractivity contribution >= 4 is 39.9 Å². The van der Waals surface area contributed by atoms with E-state index in [-0.39, 0.29) is 41.4 Å². The summed E-state index contributed by atoms with van der Waals surface area (Å²) in [5.74, 6) is -0.738. The van der Waals surface area contributed by atoms with Crippen LogP contribution in [0.25, 0.3) is 22.4 Å². The number of aromatic hydroxyl groups is 1. The first-order valence-corrected chi connectivity index (χ1v) is 14.6. The Balaban J connectivity index is 1.17. The van der Waals surface area contributed by atoms with Gasteiger partial charge >= 0.3 is 0 Å². The molecule has 2 fully saturated rings. The van der Waals surface area contributed by atoms with E-state index in [2.05, 4.69) is 18.0 Å². The molecule has 4 atom stereocenters. The molecule has 7 rings (SSSR count). The number of allylic oxidation sites excluding steroid dienone is 2. The Kier molecular flexibility index (Phi) is 6.71. The first-order valence-electron chi connectivity index (χ1n) is 14.6. The average Bonchev–Trinajstić information content (AvgIpc) is 3.55. The van der Waals surface area contributed by atoms with Crippen LogP contribution in [0.2, 0.25) is 0 Å². The van der Waals surface area contributed by atoms with Gasteiger partial charge in [0.2, 0.25) is 11.8 Å². The lowest BCUT2D eigenvalue weighted by Crippen LogP contribution is -2.34. The fourth-order valence-corrected chi connectivity index (χ4v) is 7.19. The summed E-state index contributed by atoms with van der Waals surface area (Å²) < 4.78 is 6.40. The summed E-state index contributed by atoms with van der Waals surface area (Å²) in [6, 6.07) is 26.7. The third-order valence-corrected chi connectivity index (χ3v) is 9.10. The molecule has 1 N–H and O–H groups in total. The van der Waals surface area contributed by atoms with Gasteiger partial charge in [-0.25, -0.2) is 0 Å². The van der Waals surface area contributed by atoms with Crippen LogP contribution >= 0.6 is 0 Å². The number of anilines is 1. The fourth-order valence-electron chi connectivity index (χ4n) is 7.19. The number of imide groups is 1. The van der Waals surface area contributed by atoms with Crippen molar-refractivity contribution < 1.29 is 19.4 Å². The number of phenolic OH excluding ortho intramolecular Hbond substituents is 1. The highest BCUT2D eigenvalue weighted by Gasteiger charge is 2.56. The van der Waals surface area contributed by atoms with Gasteiger partial charge in [-0.3, -0.25) is 19.5 Å². The lowest BCUT2D eigenvalue weighted by atomic mass is 9.70. The standard InChI is InChI=1S/C36H32N2O4/c1-22-19-28-34(36(41)38(35(28)40)25-9-3-2-4-10-25)29-21-42-32(33(22)29)17-15-24(30-13-7-8-18-37-30)20-23-14-16-31(39)27-12-6-5-11-26(23)27/h2-14,16,18,20,28-29,32,34,39H,15,17,19,21H2,1H3/b24-20-/t28-,29+,32-,34-/m1/s1. The molecule has 0 radical (unpaired) electrons. The third-order valence-electron chi connectivity index (χ3n) is 9.10. The van der Waals surface area contributed by atoms with Crippen LogP contribution in [-0.4, -0.2) is 34.6 Å². The maximum atomic E-state index is 13.7. The summed E-state index contributed by atoms with van der Waals surface area (Å²) in [7, 11) is 0. The monoisotopic (exact) mass is 556 g/mol.